The molecule has 13 radical (unpaired) electrons. The molecule has 4 fully saturated rings. The number of hydrogen-bond acceptors (Lipinski definition) is 8. The average Bonchev–Trinajstić information content (AvgIpc) is 3.28. The van der Waals surface area contributed by atoms with Crippen LogP contribution in [0.3, 0.4) is 0 Å². The number of rotatable bonds is 11. The third kappa shape index (κ3) is 18.2. The Morgan fingerprint density at radius 3 is 1.61 bits per heavy atom. The highest BCUT2D eigenvalue weighted by Crippen LogP contribution is 2.46. The van der Waals surface area contributed by atoms with Crippen molar-refractivity contribution in [2.75, 3.05) is 0 Å². The fourth-order valence-corrected chi connectivity index (χ4v) is 9.94. The predicted octanol–water partition coefficient (Wildman–Crippen LogP) is 2.50. The summed E-state index contributed by atoms with van der Waals surface area (Å²) in [6, 6.07) is 0. The molecule has 4 aliphatic rings. The number of carbonyl (C=O) groups excluding carboxylic acids is 2. The molecular weight excluding hydrogens is 703 g/mol. The largest absolute Gasteiger partial charge is 0.458 e. The van der Waals surface area contributed by atoms with Crippen molar-refractivity contribution < 1.29 is 39.5 Å². The maximum Gasteiger partial charge on any atom is 0.338 e. The van der Waals surface area contributed by atoms with Gasteiger partial charge in [-0.05, 0) is 97.7 Å². The molecule has 0 aromatic heterocycles. The Bertz CT molecular complexity index is 1160. The highest BCUT2D eigenvalue weighted by molar-refractivity contribution is 8.01. The fourth-order valence-electron chi connectivity index (χ4n) is 9.94. The molecule has 57 heavy (non-hydrogen) atoms. The van der Waals surface area contributed by atoms with Gasteiger partial charge in [-0.1, -0.05) is 76.2 Å². The van der Waals surface area contributed by atoms with Crippen molar-refractivity contribution in [3.05, 3.63) is 0 Å². The Morgan fingerprint density at radius 2 is 1.21 bits per heavy atom. The number of esters is 2. The van der Waals surface area contributed by atoms with Crippen LogP contribution in [0, 0.1) is 52.3 Å². The Hall–Kier alpha value is -0.506. The molecule has 1 saturated heterocycles. The van der Waals surface area contributed by atoms with Crippen molar-refractivity contribution in [1.29, 1.82) is 0 Å². The highest BCUT2D eigenvalue weighted by Gasteiger charge is 2.58. The SMILES string of the molecule is CC(=O)O[C@@H]1[C@@H](CC(C)C)C[C@]2(O)C[C@H]1OC2=O.CC(C)C[C@H]1CC(C)(C)C[C@@H](C)[C@@H]1O.CC(C)C[C@H]1CC(C)(C)C[C@@H](O)[C@@H]1O.[B][B]B([B])B(B([B])[B])B([B])[B]. The van der Waals surface area contributed by atoms with Crippen LogP contribution < -0.4 is 0 Å². The minimum Gasteiger partial charge on any atom is -0.458 e. The Morgan fingerprint density at radius 1 is 0.772 bits per heavy atom. The molecule has 1 aliphatic heterocycles. The van der Waals surface area contributed by atoms with Gasteiger partial charge in [-0.25, -0.2) is 4.79 Å². The standard InChI is InChI=1S/C13H20O5.C13H26O.C12H24O2.B11/c1-7(2)4-9-5-13(16)6-10(18-12(13)15)11(9)17-8(3)14;1-9(2)6-11-8-13(4,5)7-10(3)12(11)14;1-8(2)5-9-6-12(3,4)7-10(13)11(9)14;1-7-10(6)11(8(2)3)9(4)5/h7,9-11,16H,4-6H2,1-3H3;9-12,14H,6-8H2,1-5H3;8-11,13-14H,5-7H2,1-4H3;/t9-,10+,11+,13-;10-,11+,12+;9-,10+,11+;/m010./s1. The zero-order chi connectivity index (χ0) is 44.4. The van der Waals surface area contributed by atoms with Crippen LogP contribution in [0.1, 0.15) is 141 Å². The molecule has 3 saturated carbocycles. The predicted molar refractivity (Wildman–Crippen MR) is 245 cm³/mol. The number of aliphatic hydroxyl groups is 4. The van der Waals surface area contributed by atoms with E-state index in [0.717, 1.165) is 25.7 Å². The lowest BCUT2D eigenvalue weighted by molar-refractivity contribution is -0.163. The molecule has 3 aliphatic carbocycles. The molecule has 4 N–H and O–H groups in total. The summed E-state index contributed by atoms with van der Waals surface area (Å²) in [7, 11) is 33.5. The summed E-state index contributed by atoms with van der Waals surface area (Å²) in [5.74, 6) is 2.00. The number of aliphatic hydroxyl groups excluding tert-OH is 3. The first kappa shape index (κ1) is 54.5. The summed E-state index contributed by atoms with van der Waals surface area (Å²) < 4.78 is 10.4. The molecule has 0 unspecified atom stereocenters. The van der Waals surface area contributed by atoms with Gasteiger partial charge in [0.1, 0.15) is 12.2 Å². The van der Waals surface area contributed by atoms with Crippen LogP contribution in [0.4, 0.5) is 0 Å². The van der Waals surface area contributed by atoms with Crippen molar-refractivity contribution >= 4 is 91.0 Å². The van der Waals surface area contributed by atoms with Crippen LogP contribution in [-0.2, 0) is 19.1 Å². The van der Waals surface area contributed by atoms with Gasteiger partial charge in [0.2, 0.25) is 0 Å². The number of fused-ring (bicyclic) bond motifs is 2. The van der Waals surface area contributed by atoms with Crippen molar-refractivity contribution in [3.8, 4) is 0 Å². The average molecular weight is 774 g/mol. The van der Waals surface area contributed by atoms with Crippen LogP contribution in [-0.4, -0.2) is 148 Å². The van der Waals surface area contributed by atoms with E-state index in [-0.39, 0.29) is 42.1 Å². The summed E-state index contributed by atoms with van der Waals surface area (Å²) >= 11 is 0. The van der Waals surface area contributed by atoms with E-state index in [1.165, 1.54) is 33.2 Å². The fraction of sp³-hybridized carbons (Fsp3) is 0.947. The lowest BCUT2D eigenvalue weighted by Gasteiger charge is -2.43. The highest BCUT2D eigenvalue weighted by atomic mass is 16.6. The monoisotopic (exact) mass is 776 g/mol. The van der Waals surface area contributed by atoms with Gasteiger partial charge in [-0.3, -0.25) is 4.79 Å². The molecular formula is C38H70B11O8. The van der Waals surface area contributed by atoms with Crippen LogP contribution >= 0.6 is 0 Å². The second kappa shape index (κ2) is 23.6. The smallest absolute Gasteiger partial charge is 0.338 e. The van der Waals surface area contributed by atoms with Gasteiger partial charge in [0.05, 0.1) is 18.3 Å². The van der Waals surface area contributed by atoms with Gasteiger partial charge < -0.3 is 29.9 Å². The quantitative estimate of drug-likeness (QED) is 0.186. The van der Waals surface area contributed by atoms with E-state index in [1.54, 1.807) is 0 Å². The Balaban J connectivity index is 0.000000386. The first-order valence-corrected chi connectivity index (χ1v) is 21.4. The zero-order valence-corrected chi connectivity index (χ0v) is 37.6. The second-order valence-corrected chi connectivity index (χ2v) is 20.8. The topological polar surface area (TPSA) is 134 Å². The summed E-state index contributed by atoms with van der Waals surface area (Å²) in [5.41, 5.74) is -0.767. The van der Waals surface area contributed by atoms with Gasteiger partial charge in [-0.2, -0.15) is 0 Å². The molecule has 303 valence electrons. The van der Waals surface area contributed by atoms with E-state index in [9.17, 15) is 30.0 Å². The number of hydrogen-bond donors (Lipinski definition) is 4. The van der Waals surface area contributed by atoms with Gasteiger partial charge >= 0.3 is 11.9 Å². The summed E-state index contributed by atoms with van der Waals surface area (Å²) in [6.45, 7) is 25.5. The van der Waals surface area contributed by atoms with Crippen molar-refractivity contribution in [1.82, 2.24) is 0 Å². The molecule has 0 amide bonds. The molecule has 10 atom stereocenters. The molecule has 0 spiro atoms. The molecule has 8 nitrogen and oxygen atoms in total. The van der Waals surface area contributed by atoms with Crippen LogP contribution in [0.5, 0.6) is 0 Å². The third-order valence-corrected chi connectivity index (χ3v) is 12.0. The van der Waals surface area contributed by atoms with Gasteiger partial charge in [0.15, 0.2) is 5.60 Å². The van der Waals surface area contributed by atoms with Crippen LogP contribution in [0.25, 0.3) is 0 Å². The summed E-state index contributed by atoms with van der Waals surface area (Å²) in [4.78, 5) is 22.8. The van der Waals surface area contributed by atoms with Gasteiger partial charge in [0, 0.05) is 98.3 Å². The Kier molecular flexibility index (Phi) is 22.6. The van der Waals surface area contributed by atoms with Crippen molar-refractivity contribution in [2.45, 2.75) is 177 Å². The van der Waals surface area contributed by atoms with E-state index >= 15 is 0 Å². The van der Waals surface area contributed by atoms with E-state index in [2.05, 4.69) is 76.2 Å². The normalized spacial score (nSPS) is 32.3. The molecule has 19 heteroatoms. The summed E-state index contributed by atoms with van der Waals surface area (Å²) in [6.07, 6.45) is 3.50. The van der Waals surface area contributed by atoms with E-state index in [0.29, 0.717) is 41.4 Å². The van der Waals surface area contributed by atoms with E-state index in [4.69, 9.17) is 55.9 Å². The van der Waals surface area contributed by atoms with E-state index in [1.807, 2.05) is 0 Å². The van der Waals surface area contributed by atoms with Gasteiger partial charge in [0.25, 0.3) is 0 Å². The first-order chi connectivity index (χ1) is 25.9. The maximum absolute atomic E-state index is 11.6. The van der Waals surface area contributed by atoms with Crippen molar-refractivity contribution in [2.24, 2.45) is 52.3 Å². The lowest BCUT2D eigenvalue weighted by Crippen LogP contribution is -2.63. The molecule has 0 aromatic carbocycles. The third-order valence-electron chi connectivity index (χ3n) is 12.0. The first-order valence-electron chi connectivity index (χ1n) is 21.4. The van der Waals surface area contributed by atoms with Crippen LogP contribution in [0.15, 0.2) is 0 Å². The zero-order valence-electron chi connectivity index (χ0n) is 37.6. The van der Waals surface area contributed by atoms with Crippen LogP contribution in [0.2, 0.25) is 0 Å². The summed E-state index contributed by atoms with van der Waals surface area (Å²) in [5, 5.41) is 39.9. The minimum atomic E-state index is -1.37. The maximum atomic E-state index is 11.6. The number of ether oxygens (including phenoxy) is 2. The van der Waals surface area contributed by atoms with Crippen molar-refractivity contribution in [3.63, 3.8) is 0 Å². The minimum absolute atomic E-state index is 0.0240. The molecule has 2 bridgehead atoms. The molecule has 4 rings (SSSR count). The lowest BCUT2D eigenvalue weighted by atomic mass is 8.56. The second-order valence-electron chi connectivity index (χ2n) is 20.8. The molecule has 1 heterocycles. The number of carbonyl (C=O) groups is 2. The van der Waals surface area contributed by atoms with E-state index < -0.39 is 55.1 Å². The Labute approximate surface area is 358 Å². The molecule has 0 aromatic rings. The van der Waals surface area contributed by atoms with Gasteiger partial charge in [-0.15, -0.1) is 0 Å².